The first-order chi connectivity index (χ1) is 16.6. The van der Waals surface area contributed by atoms with Gasteiger partial charge in [0.05, 0.1) is 23.6 Å². The minimum absolute atomic E-state index is 0.0184. The summed E-state index contributed by atoms with van der Waals surface area (Å²) in [4.78, 5) is 24.9. The van der Waals surface area contributed by atoms with Crippen molar-refractivity contribution in [1.29, 1.82) is 0 Å². The Morgan fingerprint density at radius 2 is 1.97 bits per heavy atom. The molecule has 0 bridgehead atoms. The van der Waals surface area contributed by atoms with Crippen molar-refractivity contribution in [3.63, 3.8) is 0 Å². The lowest BCUT2D eigenvalue weighted by Gasteiger charge is -2.10. The quantitative estimate of drug-likeness (QED) is 0.527. The van der Waals surface area contributed by atoms with E-state index in [1.54, 1.807) is 16.9 Å². The van der Waals surface area contributed by atoms with Crippen molar-refractivity contribution >= 4 is 35.1 Å². The second-order valence-corrected chi connectivity index (χ2v) is 7.72. The number of nitrogens with zero attached hydrogens (tertiary/aromatic N) is 6. The summed E-state index contributed by atoms with van der Waals surface area (Å²) < 4.78 is 35.5. The number of amides is 1. The standard InChI is InChI=1S/C14H15N7.C6H10FNO.C3H6F2/c1-3-17-10-4-5-11(18-8(10)2)9-6-7-21-12(9)13(15)19-14(16)20-21;1-5(9)8-3-2-6(7)4-8;1-2-3(4)5/h3-7H,1-2H3,(H4,15,16,19,20);6H,2-4H2,1H3;3H,2H2,1H3/t;6-;/m.1./s1. The number of hydrogen-bond donors (Lipinski definition) is 2. The molecule has 4 heterocycles. The van der Waals surface area contributed by atoms with Crippen LogP contribution in [0, 0.1) is 6.92 Å². The number of likely N-dealkylation sites (tertiary alicyclic amines) is 1. The third kappa shape index (κ3) is 7.66. The predicted octanol–water partition coefficient (Wildman–Crippen LogP) is 4.22. The van der Waals surface area contributed by atoms with Gasteiger partial charge >= 0.3 is 0 Å². The van der Waals surface area contributed by atoms with E-state index < -0.39 is 12.6 Å². The molecule has 1 saturated heterocycles. The summed E-state index contributed by atoms with van der Waals surface area (Å²) in [6, 6.07) is 5.72. The van der Waals surface area contributed by atoms with E-state index in [0.717, 1.165) is 22.6 Å². The molecule has 0 unspecified atom stereocenters. The summed E-state index contributed by atoms with van der Waals surface area (Å²) in [5.41, 5.74) is 15.6. The Hall–Kier alpha value is -3.70. The average molecular weight is 493 g/mol. The topological polar surface area (TPSA) is 128 Å². The number of alkyl halides is 3. The number of pyridine rings is 1. The number of nitrogens with two attached hydrogens (primary N) is 2. The van der Waals surface area contributed by atoms with Gasteiger partial charge in [-0.05, 0) is 38.5 Å². The zero-order chi connectivity index (χ0) is 26.1. The number of aliphatic imine (C=N–C) groups is 1. The molecule has 3 aromatic heterocycles. The van der Waals surface area contributed by atoms with Gasteiger partial charge in [0, 0.05) is 37.9 Å². The Kier molecular flexibility index (Phi) is 9.98. The Morgan fingerprint density at radius 1 is 1.29 bits per heavy atom. The smallest absolute Gasteiger partial charge is 0.240 e. The van der Waals surface area contributed by atoms with Crippen LogP contribution in [0.4, 0.5) is 30.6 Å². The van der Waals surface area contributed by atoms with Gasteiger partial charge in [-0.2, -0.15) is 4.98 Å². The van der Waals surface area contributed by atoms with Crippen LogP contribution in [0.25, 0.3) is 16.8 Å². The van der Waals surface area contributed by atoms with Crippen molar-refractivity contribution in [2.24, 2.45) is 4.99 Å². The summed E-state index contributed by atoms with van der Waals surface area (Å²) in [6.45, 7) is 7.60. The molecular formula is C23H31F3N8O. The number of carbonyl (C=O) groups excluding carboxylic acids is 1. The van der Waals surface area contributed by atoms with Crippen molar-refractivity contribution in [1.82, 2.24) is 24.5 Å². The highest BCUT2D eigenvalue weighted by atomic mass is 19.3. The van der Waals surface area contributed by atoms with Crippen LogP contribution in [-0.2, 0) is 4.79 Å². The lowest BCUT2D eigenvalue weighted by atomic mass is 10.1. The van der Waals surface area contributed by atoms with Gasteiger partial charge in [0.25, 0.3) is 0 Å². The van der Waals surface area contributed by atoms with Gasteiger partial charge in [-0.3, -0.25) is 14.8 Å². The summed E-state index contributed by atoms with van der Waals surface area (Å²) >= 11 is 0. The maximum atomic E-state index is 12.3. The van der Waals surface area contributed by atoms with Crippen LogP contribution in [0.1, 0.15) is 39.3 Å². The predicted molar refractivity (Wildman–Crippen MR) is 132 cm³/mol. The van der Waals surface area contributed by atoms with Crippen LogP contribution in [0.5, 0.6) is 0 Å². The number of nitrogen functional groups attached to an aromatic ring is 2. The molecule has 35 heavy (non-hydrogen) atoms. The van der Waals surface area contributed by atoms with Crippen LogP contribution in [-0.4, -0.2) is 62.3 Å². The number of hydrogen-bond acceptors (Lipinski definition) is 7. The molecule has 1 aliphatic rings. The minimum atomic E-state index is -2.12. The first-order valence-corrected chi connectivity index (χ1v) is 11.1. The molecule has 1 fully saturated rings. The molecule has 0 spiro atoms. The van der Waals surface area contributed by atoms with Gasteiger partial charge < -0.3 is 16.4 Å². The van der Waals surface area contributed by atoms with Crippen molar-refractivity contribution < 1.29 is 18.0 Å². The van der Waals surface area contributed by atoms with Crippen LogP contribution < -0.4 is 11.5 Å². The molecular weight excluding hydrogens is 461 g/mol. The fourth-order valence-electron chi connectivity index (χ4n) is 3.26. The van der Waals surface area contributed by atoms with E-state index in [4.69, 9.17) is 11.5 Å². The van der Waals surface area contributed by atoms with Crippen LogP contribution in [0.2, 0.25) is 0 Å². The van der Waals surface area contributed by atoms with Gasteiger partial charge in [0.1, 0.15) is 11.7 Å². The Labute approximate surface area is 202 Å². The summed E-state index contributed by atoms with van der Waals surface area (Å²) in [6.07, 6.45) is 1.11. The zero-order valence-corrected chi connectivity index (χ0v) is 20.3. The summed E-state index contributed by atoms with van der Waals surface area (Å²) in [5, 5.41) is 4.10. The SMILES string of the molecule is CC(=O)N1CC[C@@H](F)C1.CC=Nc1ccc(-c2ccn3nc(N)nc(N)c23)nc1C.CCC(F)F. The molecule has 0 saturated carbocycles. The fourth-order valence-corrected chi connectivity index (χ4v) is 3.26. The van der Waals surface area contributed by atoms with Gasteiger partial charge in [-0.1, -0.05) is 6.92 Å². The third-order valence-electron chi connectivity index (χ3n) is 5.04. The molecule has 0 aliphatic carbocycles. The normalized spacial score (nSPS) is 15.2. The Balaban J connectivity index is 0.000000255. The molecule has 0 radical (unpaired) electrons. The number of carbonyl (C=O) groups is 1. The molecule has 1 amide bonds. The van der Waals surface area contributed by atoms with Gasteiger partial charge in [-0.15, -0.1) is 5.10 Å². The fraction of sp³-hybridized carbons (Fsp3) is 0.435. The van der Waals surface area contributed by atoms with Crippen molar-refractivity contribution in [2.45, 2.75) is 53.1 Å². The van der Waals surface area contributed by atoms with Gasteiger partial charge in [0.15, 0.2) is 5.82 Å². The average Bonchev–Trinajstić information content (AvgIpc) is 3.43. The molecule has 4 N–H and O–H groups in total. The number of rotatable bonds is 3. The molecule has 190 valence electrons. The maximum Gasteiger partial charge on any atom is 0.240 e. The van der Waals surface area contributed by atoms with E-state index in [1.807, 2.05) is 32.0 Å². The molecule has 3 aromatic rings. The van der Waals surface area contributed by atoms with Crippen molar-refractivity contribution in [3.05, 3.63) is 30.1 Å². The lowest BCUT2D eigenvalue weighted by molar-refractivity contribution is -0.127. The van der Waals surface area contributed by atoms with Gasteiger partial charge in [0.2, 0.25) is 18.3 Å². The Morgan fingerprint density at radius 3 is 2.46 bits per heavy atom. The minimum Gasteiger partial charge on any atom is -0.382 e. The maximum absolute atomic E-state index is 12.3. The second-order valence-electron chi connectivity index (χ2n) is 7.72. The largest absolute Gasteiger partial charge is 0.382 e. The molecule has 1 atom stereocenters. The van der Waals surface area contributed by atoms with E-state index in [2.05, 4.69) is 20.1 Å². The van der Waals surface area contributed by atoms with E-state index >= 15 is 0 Å². The molecule has 12 heteroatoms. The first-order valence-electron chi connectivity index (χ1n) is 11.1. The highest BCUT2D eigenvalue weighted by Crippen LogP contribution is 2.29. The number of aryl methyl sites for hydroxylation is 1. The van der Waals surface area contributed by atoms with E-state index in [9.17, 15) is 18.0 Å². The highest BCUT2D eigenvalue weighted by Gasteiger charge is 2.22. The van der Waals surface area contributed by atoms with E-state index in [1.165, 1.54) is 18.7 Å². The van der Waals surface area contributed by atoms with E-state index in [-0.39, 0.29) is 18.3 Å². The summed E-state index contributed by atoms with van der Waals surface area (Å²) in [5.74, 6) is 0.451. The zero-order valence-electron chi connectivity index (χ0n) is 20.3. The van der Waals surface area contributed by atoms with Crippen molar-refractivity contribution in [2.75, 3.05) is 24.6 Å². The van der Waals surface area contributed by atoms with Crippen LogP contribution in [0.3, 0.4) is 0 Å². The molecule has 9 nitrogen and oxygen atoms in total. The second kappa shape index (κ2) is 12.7. The molecule has 4 rings (SSSR count). The number of halogens is 3. The lowest BCUT2D eigenvalue weighted by Crippen LogP contribution is -2.25. The Bertz CT molecular complexity index is 1170. The monoisotopic (exact) mass is 492 g/mol. The van der Waals surface area contributed by atoms with Crippen LogP contribution >= 0.6 is 0 Å². The number of fused-ring (bicyclic) bond motifs is 1. The first kappa shape index (κ1) is 27.5. The third-order valence-corrected chi connectivity index (χ3v) is 5.04. The van der Waals surface area contributed by atoms with Gasteiger partial charge in [-0.25, -0.2) is 17.7 Å². The molecule has 0 aromatic carbocycles. The van der Waals surface area contributed by atoms with E-state index in [0.29, 0.717) is 30.8 Å². The van der Waals surface area contributed by atoms with Crippen LogP contribution in [0.15, 0.2) is 29.4 Å². The van der Waals surface area contributed by atoms with Crippen molar-refractivity contribution in [3.8, 4) is 11.3 Å². The number of anilines is 2. The molecule has 1 aliphatic heterocycles. The summed E-state index contributed by atoms with van der Waals surface area (Å²) in [7, 11) is 0. The number of aromatic nitrogens is 4. The highest BCUT2D eigenvalue weighted by molar-refractivity contribution is 5.86.